The molecule has 0 aliphatic heterocycles. The highest BCUT2D eigenvalue weighted by molar-refractivity contribution is 9.10. The molecule has 0 aliphatic rings. The summed E-state index contributed by atoms with van der Waals surface area (Å²) in [6.07, 6.45) is 1.05. The van der Waals surface area contributed by atoms with E-state index in [4.69, 9.17) is 5.73 Å². The van der Waals surface area contributed by atoms with Crippen LogP contribution in [-0.4, -0.2) is 24.5 Å². The van der Waals surface area contributed by atoms with E-state index in [-0.39, 0.29) is 0 Å². The van der Waals surface area contributed by atoms with Crippen molar-refractivity contribution in [1.29, 1.82) is 0 Å². The van der Waals surface area contributed by atoms with Crippen LogP contribution in [-0.2, 0) is 0 Å². The molecule has 0 spiro atoms. The molecule has 1 aromatic carbocycles. The minimum absolute atomic E-state index is 0.296. The van der Waals surface area contributed by atoms with Gasteiger partial charge in [0.25, 0.3) is 0 Å². The third-order valence-corrected chi connectivity index (χ3v) is 4.21. The molecular weight excluding hydrogens is 288 g/mol. The van der Waals surface area contributed by atoms with Crippen molar-refractivity contribution in [2.45, 2.75) is 39.3 Å². The van der Waals surface area contributed by atoms with Gasteiger partial charge in [0.1, 0.15) is 0 Å². The van der Waals surface area contributed by atoms with Gasteiger partial charge in [-0.15, -0.1) is 0 Å². The lowest BCUT2D eigenvalue weighted by atomic mass is 10.0. The SMILES string of the molecule is CC(C)C(N)CCN(C)C(C)c1ccc(Br)cc1. The predicted molar refractivity (Wildman–Crippen MR) is 82.6 cm³/mol. The Bertz CT molecular complexity index is 348. The predicted octanol–water partition coefficient (Wildman–Crippen LogP) is 3.82. The van der Waals surface area contributed by atoms with Gasteiger partial charge >= 0.3 is 0 Å². The van der Waals surface area contributed by atoms with Gasteiger partial charge in [-0.3, -0.25) is 4.90 Å². The zero-order chi connectivity index (χ0) is 13.7. The van der Waals surface area contributed by atoms with Gasteiger partial charge in [-0.2, -0.15) is 0 Å². The lowest BCUT2D eigenvalue weighted by Crippen LogP contribution is -2.32. The summed E-state index contributed by atoms with van der Waals surface area (Å²) in [7, 11) is 2.17. The van der Waals surface area contributed by atoms with Crippen molar-refractivity contribution >= 4 is 15.9 Å². The standard InChI is InChI=1S/C15H25BrN2/c1-11(2)15(17)9-10-18(4)12(3)13-5-7-14(16)8-6-13/h5-8,11-12,15H,9-10,17H2,1-4H3. The van der Waals surface area contributed by atoms with Gasteiger partial charge in [-0.1, -0.05) is 41.9 Å². The molecule has 0 aromatic heterocycles. The van der Waals surface area contributed by atoms with Gasteiger partial charge < -0.3 is 5.73 Å². The summed E-state index contributed by atoms with van der Waals surface area (Å²) in [5, 5.41) is 0. The van der Waals surface area contributed by atoms with Gasteiger partial charge in [0.15, 0.2) is 0 Å². The van der Waals surface area contributed by atoms with Gasteiger partial charge in [-0.05, 0) is 50.6 Å². The molecular formula is C15H25BrN2. The zero-order valence-electron chi connectivity index (χ0n) is 11.9. The van der Waals surface area contributed by atoms with Crippen LogP contribution in [0.25, 0.3) is 0 Å². The fourth-order valence-electron chi connectivity index (χ4n) is 1.88. The topological polar surface area (TPSA) is 29.3 Å². The number of halogens is 1. The molecule has 1 rings (SSSR count). The largest absolute Gasteiger partial charge is 0.327 e. The van der Waals surface area contributed by atoms with Gasteiger partial charge in [0, 0.05) is 16.6 Å². The number of hydrogen-bond acceptors (Lipinski definition) is 2. The Hall–Kier alpha value is -0.380. The summed E-state index contributed by atoms with van der Waals surface area (Å²) in [5.41, 5.74) is 7.44. The second-order valence-electron chi connectivity index (χ2n) is 5.40. The van der Waals surface area contributed by atoms with Crippen LogP contribution in [0.2, 0.25) is 0 Å². The lowest BCUT2D eigenvalue weighted by Gasteiger charge is -2.27. The molecule has 1 aromatic rings. The molecule has 0 heterocycles. The molecule has 2 unspecified atom stereocenters. The van der Waals surface area contributed by atoms with Crippen LogP contribution in [0.5, 0.6) is 0 Å². The molecule has 2 nitrogen and oxygen atoms in total. The molecule has 2 atom stereocenters. The van der Waals surface area contributed by atoms with Gasteiger partial charge in [-0.25, -0.2) is 0 Å². The van der Waals surface area contributed by atoms with Crippen molar-refractivity contribution in [1.82, 2.24) is 4.90 Å². The number of benzene rings is 1. The number of rotatable bonds is 6. The smallest absolute Gasteiger partial charge is 0.0316 e. The van der Waals surface area contributed by atoms with Crippen LogP contribution in [0.4, 0.5) is 0 Å². The Morgan fingerprint density at radius 1 is 1.17 bits per heavy atom. The van der Waals surface area contributed by atoms with E-state index in [0.29, 0.717) is 18.0 Å². The fraction of sp³-hybridized carbons (Fsp3) is 0.600. The third kappa shape index (κ3) is 4.71. The van der Waals surface area contributed by atoms with E-state index in [2.05, 4.69) is 72.9 Å². The highest BCUT2D eigenvalue weighted by atomic mass is 79.9. The fourth-order valence-corrected chi connectivity index (χ4v) is 2.14. The normalized spacial score (nSPS) is 15.1. The van der Waals surface area contributed by atoms with Crippen molar-refractivity contribution in [2.24, 2.45) is 11.7 Å². The second kappa shape index (κ2) is 7.27. The summed E-state index contributed by atoms with van der Waals surface area (Å²) < 4.78 is 1.13. The van der Waals surface area contributed by atoms with E-state index in [1.807, 2.05) is 0 Å². The highest BCUT2D eigenvalue weighted by Crippen LogP contribution is 2.21. The quantitative estimate of drug-likeness (QED) is 0.865. The summed E-state index contributed by atoms with van der Waals surface area (Å²) in [4.78, 5) is 2.37. The average Bonchev–Trinajstić information content (AvgIpc) is 2.35. The van der Waals surface area contributed by atoms with Crippen LogP contribution in [0.1, 0.15) is 38.8 Å². The van der Waals surface area contributed by atoms with Crippen molar-refractivity contribution < 1.29 is 0 Å². The van der Waals surface area contributed by atoms with Crippen molar-refractivity contribution in [3.8, 4) is 0 Å². The lowest BCUT2D eigenvalue weighted by molar-refractivity contribution is 0.243. The average molecular weight is 313 g/mol. The van der Waals surface area contributed by atoms with E-state index < -0.39 is 0 Å². The number of nitrogens with two attached hydrogens (primary N) is 1. The molecule has 0 amide bonds. The zero-order valence-corrected chi connectivity index (χ0v) is 13.4. The first kappa shape index (κ1) is 15.7. The van der Waals surface area contributed by atoms with Crippen molar-refractivity contribution in [3.05, 3.63) is 34.3 Å². The van der Waals surface area contributed by atoms with E-state index in [0.717, 1.165) is 17.4 Å². The van der Waals surface area contributed by atoms with E-state index in [1.54, 1.807) is 0 Å². The second-order valence-corrected chi connectivity index (χ2v) is 6.32. The molecule has 2 N–H and O–H groups in total. The Labute approximate surface area is 120 Å². The Morgan fingerprint density at radius 3 is 2.22 bits per heavy atom. The Kier molecular flexibility index (Phi) is 6.33. The summed E-state index contributed by atoms with van der Waals surface area (Å²) in [6.45, 7) is 7.65. The maximum Gasteiger partial charge on any atom is 0.0316 e. The van der Waals surface area contributed by atoms with Crippen molar-refractivity contribution in [3.63, 3.8) is 0 Å². The highest BCUT2D eigenvalue weighted by Gasteiger charge is 2.14. The molecule has 0 saturated carbocycles. The summed E-state index contributed by atoms with van der Waals surface area (Å²) >= 11 is 3.47. The van der Waals surface area contributed by atoms with E-state index in [1.165, 1.54) is 5.56 Å². The Morgan fingerprint density at radius 2 is 1.72 bits per heavy atom. The molecule has 102 valence electrons. The van der Waals surface area contributed by atoms with E-state index >= 15 is 0 Å². The minimum atomic E-state index is 0.296. The third-order valence-electron chi connectivity index (χ3n) is 3.69. The first-order valence-electron chi connectivity index (χ1n) is 6.63. The number of nitrogens with zero attached hydrogens (tertiary/aromatic N) is 1. The molecule has 0 bridgehead atoms. The van der Waals surface area contributed by atoms with Crippen LogP contribution in [0.15, 0.2) is 28.7 Å². The van der Waals surface area contributed by atoms with Crippen LogP contribution >= 0.6 is 15.9 Å². The first-order chi connectivity index (χ1) is 8.41. The molecule has 0 saturated heterocycles. The maximum atomic E-state index is 6.09. The monoisotopic (exact) mass is 312 g/mol. The molecule has 3 heteroatoms. The molecule has 0 aliphatic carbocycles. The van der Waals surface area contributed by atoms with Crippen LogP contribution in [0.3, 0.4) is 0 Å². The van der Waals surface area contributed by atoms with Gasteiger partial charge in [0.05, 0.1) is 0 Å². The maximum absolute atomic E-state index is 6.09. The summed E-state index contributed by atoms with van der Waals surface area (Å²) in [6, 6.07) is 9.27. The van der Waals surface area contributed by atoms with E-state index in [9.17, 15) is 0 Å². The minimum Gasteiger partial charge on any atom is -0.327 e. The van der Waals surface area contributed by atoms with Crippen molar-refractivity contribution in [2.75, 3.05) is 13.6 Å². The first-order valence-corrected chi connectivity index (χ1v) is 7.42. The molecule has 18 heavy (non-hydrogen) atoms. The molecule has 0 radical (unpaired) electrons. The van der Waals surface area contributed by atoms with Crippen LogP contribution in [0, 0.1) is 5.92 Å². The van der Waals surface area contributed by atoms with Crippen LogP contribution < -0.4 is 5.73 Å². The number of hydrogen-bond donors (Lipinski definition) is 1. The van der Waals surface area contributed by atoms with Gasteiger partial charge in [0.2, 0.25) is 0 Å². The Balaban J connectivity index is 2.51. The molecule has 0 fully saturated rings. The summed E-state index contributed by atoms with van der Waals surface area (Å²) in [5.74, 6) is 0.557.